The quantitative estimate of drug-likeness (QED) is 0.905. The molecule has 1 heterocycles. The van der Waals surface area contributed by atoms with Crippen LogP contribution < -0.4 is 5.32 Å². The number of carbonyl (C=O) groups excluding carboxylic acids is 1. The van der Waals surface area contributed by atoms with E-state index in [1.807, 2.05) is 0 Å². The normalized spacial score (nSPS) is 21.3. The molecule has 19 heavy (non-hydrogen) atoms. The molecule has 2 fully saturated rings. The molecular weight excluding hydrogens is 243 g/mol. The van der Waals surface area contributed by atoms with Crippen molar-refractivity contribution >= 4 is 5.91 Å². The van der Waals surface area contributed by atoms with Crippen molar-refractivity contribution in [2.75, 3.05) is 13.1 Å². The highest BCUT2D eigenvalue weighted by atomic mass is 19.1. The molecule has 1 aromatic rings. The zero-order valence-corrected chi connectivity index (χ0v) is 10.9. The lowest BCUT2D eigenvalue weighted by atomic mass is 10.0. The fourth-order valence-electron chi connectivity index (χ4n) is 2.76. The number of amides is 1. The average molecular weight is 262 g/mol. The van der Waals surface area contributed by atoms with Crippen molar-refractivity contribution in [3.63, 3.8) is 0 Å². The standard InChI is InChI=1S/C15H19FN2O/c16-14-4-2-1-3-13(14)15(19)17-11-7-9-18(10-8-11)12-5-6-12/h1-4,11-12H,5-10H2,(H,17,19). The first-order valence-electron chi connectivity index (χ1n) is 7.03. The first-order chi connectivity index (χ1) is 9.24. The lowest BCUT2D eigenvalue weighted by Gasteiger charge is -2.32. The number of hydrogen-bond donors (Lipinski definition) is 1. The highest BCUT2D eigenvalue weighted by Gasteiger charge is 2.32. The van der Waals surface area contributed by atoms with Crippen LogP contribution in [0.4, 0.5) is 4.39 Å². The Hall–Kier alpha value is -1.42. The van der Waals surface area contributed by atoms with Gasteiger partial charge in [-0.1, -0.05) is 12.1 Å². The molecule has 3 rings (SSSR count). The average Bonchev–Trinajstić information content (AvgIpc) is 3.24. The van der Waals surface area contributed by atoms with Crippen molar-refractivity contribution in [3.05, 3.63) is 35.6 Å². The van der Waals surface area contributed by atoms with Crippen molar-refractivity contribution in [2.24, 2.45) is 0 Å². The van der Waals surface area contributed by atoms with Gasteiger partial charge < -0.3 is 10.2 Å². The minimum atomic E-state index is -0.449. The zero-order valence-electron chi connectivity index (χ0n) is 10.9. The van der Waals surface area contributed by atoms with Crippen molar-refractivity contribution in [2.45, 2.75) is 37.8 Å². The maximum Gasteiger partial charge on any atom is 0.254 e. The van der Waals surface area contributed by atoms with Crippen LogP contribution in [0.15, 0.2) is 24.3 Å². The lowest BCUT2D eigenvalue weighted by Crippen LogP contribution is -2.45. The summed E-state index contributed by atoms with van der Waals surface area (Å²) < 4.78 is 13.5. The summed E-state index contributed by atoms with van der Waals surface area (Å²) in [6.07, 6.45) is 4.59. The molecule has 0 unspecified atom stereocenters. The Morgan fingerprint density at radius 2 is 1.84 bits per heavy atom. The highest BCUT2D eigenvalue weighted by Crippen LogP contribution is 2.29. The van der Waals surface area contributed by atoms with E-state index in [0.29, 0.717) is 0 Å². The van der Waals surface area contributed by atoms with Gasteiger partial charge in [0.05, 0.1) is 5.56 Å². The number of hydrogen-bond acceptors (Lipinski definition) is 2. The topological polar surface area (TPSA) is 32.3 Å². The summed E-state index contributed by atoms with van der Waals surface area (Å²) in [6.45, 7) is 2.10. The Labute approximate surface area is 112 Å². The number of benzene rings is 1. The van der Waals surface area contributed by atoms with E-state index in [1.54, 1.807) is 12.1 Å². The summed E-state index contributed by atoms with van der Waals surface area (Å²) in [6, 6.07) is 7.12. The van der Waals surface area contributed by atoms with Crippen molar-refractivity contribution in [1.29, 1.82) is 0 Å². The summed E-state index contributed by atoms with van der Waals surface area (Å²) in [5, 5.41) is 2.95. The molecular formula is C15H19FN2O. The van der Waals surface area contributed by atoms with E-state index in [-0.39, 0.29) is 17.5 Å². The van der Waals surface area contributed by atoms with E-state index >= 15 is 0 Å². The molecule has 1 saturated carbocycles. The van der Waals surface area contributed by atoms with Gasteiger partial charge in [0.2, 0.25) is 0 Å². The number of piperidine rings is 1. The van der Waals surface area contributed by atoms with Crippen LogP contribution in [0, 0.1) is 5.82 Å². The van der Waals surface area contributed by atoms with Crippen molar-refractivity contribution in [3.8, 4) is 0 Å². The van der Waals surface area contributed by atoms with Gasteiger partial charge in [-0.2, -0.15) is 0 Å². The smallest absolute Gasteiger partial charge is 0.254 e. The minimum absolute atomic E-state index is 0.145. The number of rotatable bonds is 3. The SMILES string of the molecule is O=C(NC1CCN(C2CC2)CC1)c1ccccc1F. The number of halogens is 1. The summed E-state index contributed by atoms with van der Waals surface area (Å²) in [7, 11) is 0. The second-order valence-electron chi connectivity index (χ2n) is 5.49. The third-order valence-electron chi connectivity index (χ3n) is 4.05. The van der Waals surface area contributed by atoms with Gasteiger partial charge in [-0.15, -0.1) is 0 Å². The first kappa shape index (κ1) is 12.6. The summed E-state index contributed by atoms with van der Waals surface area (Å²) in [4.78, 5) is 14.5. The second-order valence-corrected chi connectivity index (χ2v) is 5.49. The molecule has 1 saturated heterocycles. The second kappa shape index (κ2) is 5.29. The van der Waals surface area contributed by atoms with Crippen LogP contribution in [0.5, 0.6) is 0 Å². The van der Waals surface area contributed by atoms with Crippen LogP contribution in [-0.2, 0) is 0 Å². The Morgan fingerprint density at radius 3 is 2.47 bits per heavy atom. The highest BCUT2D eigenvalue weighted by molar-refractivity contribution is 5.94. The van der Waals surface area contributed by atoms with Crippen LogP contribution in [0.2, 0.25) is 0 Å². The molecule has 2 aliphatic rings. The van der Waals surface area contributed by atoms with E-state index in [9.17, 15) is 9.18 Å². The number of carbonyl (C=O) groups is 1. The van der Waals surface area contributed by atoms with Gasteiger partial charge in [-0.25, -0.2) is 4.39 Å². The van der Waals surface area contributed by atoms with Gasteiger partial charge in [-0.05, 0) is 37.8 Å². The Kier molecular flexibility index (Phi) is 3.51. The largest absolute Gasteiger partial charge is 0.349 e. The lowest BCUT2D eigenvalue weighted by molar-refractivity contribution is 0.0905. The molecule has 0 radical (unpaired) electrons. The molecule has 1 aliphatic carbocycles. The fraction of sp³-hybridized carbons (Fsp3) is 0.533. The van der Waals surface area contributed by atoms with Gasteiger partial charge in [-0.3, -0.25) is 4.79 Å². The van der Waals surface area contributed by atoms with Gasteiger partial charge >= 0.3 is 0 Å². The van der Waals surface area contributed by atoms with Gasteiger partial charge in [0.15, 0.2) is 0 Å². The Morgan fingerprint density at radius 1 is 1.16 bits per heavy atom. The number of likely N-dealkylation sites (tertiary alicyclic amines) is 1. The molecule has 4 heteroatoms. The van der Waals surface area contributed by atoms with E-state index in [4.69, 9.17) is 0 Å². The number of nitrogens with one attached hydrogen (secondary N) is 1. The van der Waals surface area contributed by atoms with Gasteiger partial charge in [0.25, 0.3) is 5.91 Å². The van der Waals surface area contributed by atoms with E-state index in [2.05, 4.69) is 10.2 Å². The molecule has 1 aliphatic heterocycles. The van der Waals surface area contributed by atoms with Crippen LogP contribution in [-0.4, -0.2) is 36.0 Å². The molecule has 0 bridgehead atoms. The monoisotopic (exact) mass is 262 g/mol. The van der Waals surface area contributed by atoms with Crippen LogP contribution in [0.3, 0.4) is 0 Å². The minimum Gasteiger partial charge on any atom is -0.349 e. The maximum absolute atomic E-state index is 13.5. The van der Waals surface area contributed by atoms with Crippen molar-refractivity contribution < 1.29 is 9.18 Å². The summed E-state index contributed by atoms with van der Waals surface area (Å²) in [5.74, 6) is -0.738. The molecule has 102 valence electrons. The third-order valence-corrected chi connectivity index (χ3v) is 4.05. The molecule has 0 aromatic heterocycles. The molecule has 0 spiro atoms. The first-order valence-corrected chi connectivity index (χ1v) is 7.03. The molecule has 1 N–H and O–H groups in total. The Bertz CT molecular complexity index is 465. The number of nitrogens with zero attached hydrogens (tertiary/aromatic N) is 1. The van der Waals surface area contributed by atoms with E-state index in [1.165, 1.54) is 25.0 Å². The predicted molar refractivity (Wildman–Crippen MR) is 71.5 cm³/mol. The summed E-state index contributed by atoms with van der Waals surface area (Å²) in [5.41, 5.74) is 0.145. The Balaban J connectivity index is 1.54. The van der Waals surface area contributed by atoms with E-state index in [0.717, 1.165) is 32.0 Å². The predicted octanol–water partition coefficient (Wildman–Crippen LogP) is 2.18. The van der Waals surface area contributed by atoms with E-state index < -0.39 is 5.82 Å². The zero-order chi connectivity index (χ0) is 13.2. The molecule has 3 nitrogen and oxygen atoms in total. The van der Waals surface area contributed by atoms with Crippen LogP contribution >= 0.6 is 0 Å². The third kappa shape index (κ3) is 2.95. The van der Waals surface area contributed by atoms with Crippen molar-refractivity contribution in [1.82, 2.24) is 10.2 Å². The summed E-state index contributed by atoms with van der Waals surface area (Å²) >= 11 is 0. The molecule has 0 atom stereocenters. The maximum atomic E-state index is 13.5. The molecule has 1 amide bonds. The fourth-order valence-corrected chi connectivity index (χ4v) is 2.76. The van der Waals surface area contributed by atoms with Crippen LogP contribution in [0.1, 0.15) is 36.0 Å². The molecule has 1 aromatic carbocycles. The van der Waals surface area contributed by atoms with Gasteiger partial charge in [0, 0.05) is 25.2 Å². The van der Waals surface area contributed by atoms with Gasteiger partial charge in [0.1, 0.15) is 5.82 Å². The van der Waals surface area contributed by atoms with Crippen LogP contribution in [0.25, 0.3) is 0 Å².